The Kier molecular flexibility index (Phi) is 4.61. The lowest BCUT2D eigenvalue weighted by Crippen LogP contribution is -2.42. The first-order valence-corrected chi connectivity index (χ1v) is 7.98. The molecule has 0 aromatic heterocycles. The predicted octanol–water partition coefficient (Wildman–Crippen LogP) is 1.58. The maximum Gasteiger partial charge on any atom is 0.224 e. The number of nitrogens with one attached hydrogen (secondary N) is 1. The highest BCUT2D eigenvalue weighted by atomic mass is 16.5. The van der Waals surface area contributed by atoms with E-state index in [0.717, 1.165) is 25.0 Å². The number of hydrogen-bond acceptors (Lipinski definition) is 3. The van der Waals surface area contributed by atoms with Crippen molar-refractivity contribution in [3.63, 3.8) is 0 Å². The molecule has 0 spiro atoms. The zero-order valence-corrected chi connectivity index (χ0v) is 12.7. The van der Waals surface area contributed by atoms with Crippen LogP contribution in [0.15, 0.2) is 30.3 Å². The molecule has 0 unspecified atom stereocenters. The van der Waals surface area contributed by atoms with Crippen molar-refractivity contribution >= 4 is 11.8 Å². The maximum atomic E-state index is 12.0. The third-order valence-electron chi connectivity index (χ3n) is 4.41. The van der Waals surface area contributed by atoms with E-state index in [2.05, 4.69) is 5.32 Å². The van der Waals surface area contributed by atoms with Gasteiger partial charge in [0.25, 0.3) is 0 Å². The molecule has 1 aromatic carbocycles. The van der Waals surface area contributed by atoms with Crippen LogP contribution in [0.5, 0.6) is 5.75 Å². The summed E-state index contributed by atoms with van der Waals surface area (Å²) in [6.45, 7) is 1.62. The minimum Gasteiger partial charge on any atom is -0.492 e. The van der Waals surface area contributed by atoms with Gasteiger partial charge in [0.2, 0.25) is 11.8 Å². The lowest BCUT2D eigenvalue weighted by Gasteiger charge is -2.26. The molecule has 0 bridgehead atoms. The molecule has 1 atom stereocenters. The van der Waals surface area contributed by atoms with Gasteiger partial charge in [0, 0.05) is 18.9 Å². The van der Waals surface area contributed by atoms with Crippen molar-refractivity contribution in [2.75, 3.05) is 19.7 Å². The predicted molar refractivity (Wildman–Crippen MR) is 82.4 cm³/mol. The topological polar surface area (TPSA) is 58.6 Å². The molecule has 1 saturated carbocycles. The van der Waals surface area contributed by atoms with Crippen LogP contribution in [-0.2, 0) is 9.59 Å². The Hall–Kier alpha value is -2.04. The van der Waals surface area contributed by atoms with Crippen LogP contribution < -0.4 is 10.1 Å². The normalized spacial score (nSPS) is 21.5. The van der Waals surface area contributed by atoms with E-state index in [4.69, 9.17) is 4.74 Å². The molecule has 22 heavy (non-hydrogen) atoms. The van der Waals surface area contributed by atoms with Gasteiger partial charge in [0.1, 0.15) is 12.4 Å². The van der Waals surface area contributed by atoms with E-state index in [9.17, 15) is 9.59 Å². The van der Waals surface area contributed by atoms with Gasteiger partial charge in [0.15, 0.2) is 0 Å². The van der Waals surface area contributed by atoms with Gasteiger partial charge < -0.3 is 15.0 Å². The fourth-order valence-corrected chi connectivity index (χ4v) is 2.86. The lowest BCUT2D eigenvalue weighted by molar-refractivity contribution is -0.128. The molecule has 5 nitrogen and oxygen atoms in total. The summed E-state index contributed by atoms with van der Waals surface area (Å²) >= 11 is 0. The molecule has 0 radical (unpaired) electrons. The standard InChI is InChI=1S/C17H22N2O3/c20-16-11-14(18-17(21)13-5-4-6-13)12-19(16)9-10-22-15-7-2-1-3-8-15/h1-3,7-8,13-14H,4-6,9-12H2,(H,18,21)/t14-/m0/s1. The monoisotopic (exact) mass is 302 g/mol. The Morgan fingerprint density at radius 1 is 1.27 bits per heavy atom. The van der Waals surface area contributed by atoms with Crippen LogP contribution in [0, 0.1) is 5.92 Å². The van der Waals surface area contributed by atoms with Crippen molar-refractivity contribution in [2.45, 2.75) is 31.7 Å². The molecule has 118 valence electrons. The highest BCUT2D eigenvalue weighted by Gasteiger charge is 2.33. The summed E-state index contributed by atoms with van der Waals surface area (Å²) in [6.07, 6.45) is 3.52. The van der Waals surface area contributed by atoms with Gasteiger partial charge in [-0.2, -0.15) is 0 Å². The van der Waals surface area contributed by atoms with Crippen LogP contribution in [0.25, 0.3) is 0 Å². The summed E-state index contributed by atoms with van der Waals surface area (Å²) in [4.78, 5) is 25.7. The number of likely N-dealkylation sites (tertiary alicyclic amines) is 1. The fourth-order valence-electron chi connectivity index (χ4n) is 2.86. The molecule has 2 aliphatic rings. The minimum atomic E-state index is -0.0441. The zero-order chi connectivity index (χ0) is 15.4. The van der Waals surface area contributed by atoms with Crippen molar-refractivity contribution < 1.29 is 14.3 Å². The third kappa shape index (κ3) is 3.59. The number of nitrogens with zero attached hydrogens (tertiary/aromatic N) is 1. The molecule has 1 saturated heterocycles. The van der Waals surface area contributed by atoms with E-state index < -0.39 is 0 Å². The number of carbonyl (C=O) groups excluding carboxylic acids is 2. The van der Waals surface area contributed by atoms with Gasteiger partial charge in [0.05, 0.1) is 12.6 Å². The summed E-state index contributed by atoms with van der Waals surface area (Å²) in [7, 11) is 0. The van der Waals surface area contributed by atoms with Crippen molar-refractivity contribution in [1.29, 1.82) is 0 Å². The van der Waals surface area contributed by atoms with Crippen LogP contribution in [0.4, 0.5) is 0 Å². The van der Waals surface area contributed by atoms with E-state index in [1.807, 2.05) is 30.3 Å². The van der Waals surface area contributed by atoms with Crippen LogP contribution in [-0.4, -0.2) is 42.5 Å². The van der Waals surface area contributed by atoms with Crippen LogP contribution in [0.1, 0.15) is 25.7 Å². The van der Waals surface area contributed by atoms with Gasteiger partial charge in [-0.05, 0) is 25.0 Å². The van der Waals surface area contributed by atoms with Gasteiger partial charge >= 0.3 is 0 Å². The van der Waals surface area contributed by atoms with Gasteiger partial charge in [-0.15, -0.1) is 0 Å². The van der Waals surface area contributed by atoms with E-state index in [-0.39, 0.29) is 23.8 Å². The van der Waals surface area contributed by atoms with Gasteiger partial charge in [-0.3, -0.25) is 9.59 Å². The SMILES string of the molecule is O=C(N[C@H]1CC(=O)N(CCOc2ccccc2)C1)C1CCC1. The molecular weight excluding hydrogens is 280 g/mol. The first kappa shape index (κ1) is 14.9. The molecule has 1 N–H and O–H groups in total. The smallest absolute Gasteiger partial charge is 0.224 e. The summed E-state index contributed by atoms with van der Waals surface area (Å²) in [5, 5.41) is 3.01. The van der Waals surface area contributed by atoms with Crippen LogP contribution in [0.2, 0.25) is 0 Å². The van der Waals surface area contributed by atoms with Crippen molar-refractivity contribution in [2.24, 2.45) is 5.92 Å². The average molecular weight is 302 g/mol. The Labute approximate surface area is 130 Å². The minimum absolute atomic E-state index is 0.0441. The summed E-state index contributed by atoms with van der Waals surface area (Å²) in [5.41, 5.74) is 0. The molecule has 5 heteroatoms. The fraction of sp³-hybridized carbons (Fsp3) is 0.529. The second-order valence-corrected chi connectivity index (χ2v) is 6.04. The third-order valence-corrected chi connectivity index (χ3v) is 4.41. The maximum absolute atomic E-state index is 12.0. The second-order valence-electron chi connectivity index (χ2n) is 6.04. The van der Waals surface area contributed by atoms with E-state index >= 15 is 0 Å². The van der Waals surface area contributed by atoms with E-state index in [1.165, 1.54) is 0 Å². The molecule has 1 aromatic rings. The number of carbonyl (C=O) groups is 2. The van der Waals surface area contributed by atoms with Crippen LogP contribution >= 0.6 is 0 Å². The number of hydrogen-bond donors (Lipinski definition) is 1. The van der Waals surface area contributed by atoms with Crippen LogP contribution in [0.3, 0.4) is 0 Å². The molecule has 1 heterocycles. The van der Waals surface area contributed by atoms with Gasteiger partial charge in [-0.1, -0.05) is 24.6 Å². The molecule has 1 aliphatic carbocycles. The summed E-state index contributed by atoms with van der Waals surface area (Å²) in [5.74, 6) is 1.19. The number of para-hydroxylation sites is 1. The first-order chi connectivity index (χ1) is 10.7. The Balaban J connectivity index is 1.40. The quantitative estimate of drug-likeness (QED) is 0.868. The number of ether oxygens (including phenoxy) is 1. The highest BCUT2D eigenvalue weighted by Crippen LogP contribution is 2.26. The number of amides is 2. The second kappa shape index (κ2) is 6.81. The number of benzene rings is 1. The van der Waals surface area contributed by atoms with Crippen molar-refractivity contribution in [3.05, 3.63) is 30.3 Å². The Bertz CT molecular complexity index is 528. The van der Waals surface area contributed by atoms with E-state index in [0.29, 0.717) is 26.1 Å². The first-order valence-electron chi connectivity index (χ1n) is 7.98. The van der Waals surface area contributed by atoms with Crippen molar-refractivity contribution in [3.8, 4) is 5.75 Å². The molecule has 2 fully saturated rings. The molecule has 2 amide bonds. The van der Waals surface area contributed by atoms with Gasteiger partial charge in [-0.25, -0.2) is 0 Å². The summed E-state index contributed by atoms with van der Waals surface area (Å²) < 4.78 is 5.62. The largest absolute Gasteiger partial charge is 0.492 e. The average Bonchev–Trinajstić information content (AvgIpc) is 2.78. The number of rotatable bonds is 6. The Morgan fingerprint density at radius 3 is 2.73 bits per heavy atom. The summed E-state index contributed by atoms with van der Waals surface area (Å²) in [6, 6.07) is 9.52. The Morgan fingerprint density at radius 2 is 2.05 bits per heavy atom. The molecular formula is C17H22N2O3. The molecule has 1 aliphatic heterocycles. The highest BCUT2D eigenvalue weighted by molar-refractivity contribution is 5.83. The zero-order valence-electron chi connectivity index (χ0n) is 12.7. The molecule has 3 rings (SSSR count). The van der Waals surface area contributed by atoms with Crippen molar-refractivity contribution in [1.82, 2.24) is 10.2 Å². The lowest BCUT2D eigenvalue weighted by atomic mass is 9.84. The van der Waals surface area contributed by atoms with E-state index in [1.54, 1.807) is 4.90 Å².